The molecule has 1 aromatic carbocycles. The lowest BCUT2D eigenvalue weighted by Gasteiger charge is -2.13. The molecule has 4 nitrogen and oxygen atoms in total. The molecule has 0 fully saturated rings. The molecule has 0 amide bonds. The predicted octanol–water partition coefficient (Wildman–Crippen LogP) is 3.05. The smallest absolute Gasteiger partial charge is 0.384 e. The molecule has 0 bridgehead atoms. The Bertz CT molecular complexity index is 551. The van der Waals surface area contributed by atoms with Gasteiger partial charge in [-0.3, -0.25) is 0 Å². The molecule has 1 heterocycles. The monoisotopic (exact) mass is 271 g/mol. The standard InChI is InChI=1S/C12H12F3N3O/c1-8-17-11(18-19-8)6-7-16-10-5-3-2-4-9(10)12(13,14)15/h2-5,16H,6-7H2,1H3. The van der Waals surface area contributed by atoms with E-state index in [-0.39, 0.29) is 5.69 Å². The number of anilines is 1. The maximum absolute atomic E-state index is 12.7. The van der Waals surface area contributed by atoms with E-state index in [0.29, 0.717) is 24.7 Å². The third-order valence-electron chi connectivity index (χ3n) is 2.47. The number of hydrogen-bond donors (Lipinski definition) is 1. The van der Waals surface area contributed by atoms with E-state index in [1.165, 1.54) is 12.1 Å². The normalized spacial score (nSPS) is 11.6. The fraction of sp³-hybridized carbons (Fsp3) is 0.333. The van der Waals surface area contributed by atoms with E-state index in [2.05, 4.69) is 15.5 Å². The quantitative estimate of drug-likeness (QED) is 0.928. The van der Waals surface area contributed by atoms with Crippen molar-refractivity contribution in [3.63, 3.8) is 0 Å². The topological polar surface area (TPSA) is 51.0 Å². The van der Waals surface area contributed by atoms with Crippen molar-refractivity contribution in [2.75, 3.05) is 11.9 Å². The number of alkyl halides is 3. The highest BCUT2D eigenvalue weighted by Crippen LogP contribution is 2.34. The van der Waals surface area contributed by atoms with Gasteiger partial charge >= 0.3 is 6.18 Å². The summed E-state index contributed by atoms with van der Waals surface area (Å²) in [6, 6.07) is 5.34. The summed E-state index contributed by atoms with van der Waals surface area (Å²) in [5.74, 6) is 0.903. The Balaban J connectivity index is 2.00. The van der Waals surface area contributed by atoms with Crippen molar-refractivity contribution in [3.8, 4) is 0 Å². The second kappa shape index (κ2) is 5.29. The molecule has 0 unspecified atom stereocenters. The number of nitrogens with zero attached hydrogens (tertiary/aromatic N) is 2. The van der Waals surface area contributed by atoms with Gasteiger partial charge in [0.15, 0.2) is 5.82 Å². The summed E-state index contributed by atoms with van der Waals surface area (Å²) in [5.41, 5.74) is -0.630. The van der Waals surface area contributed by atoms with Crippen molar-refractivity contribution in [2.24, 2.45) is 0 Å². The Labute approximate surface area is 107 Å². The van der Waals surface area contributed by atoms with Crippen LogP contribution in [0.4, 0.5) is 18.9 Å². The number of aryl methyl sites for hydroxylation is 1. The minimum absolute atomic E-state index is 0.0511. The van der Waals surface area contributed by atoms with Crippen molar-refractivity contribution in [1.82, 2.24) is 10.1 Å². The number of hydrogen-bond acceptors (Lipinski definition) is 4. The minimum atomic E-state index is -4.37. The summed E-state index contributed by atoms with van der Waals surface area (Å²) in [6.07, 6.45) is -3.98. The molecule has 7 heteroatoms. The molecule has 102 valence electrons. The van der Waals surface area contributed by atoms with E-state index in [1.807, 2.05) is 0 Å². The van der Waals surface area contributed by atoms with E-state index >= 15 is 0 Å². The van der Waals surface area contributed by atoms with Gasteiger partial charge in [0.25, 0.3) is 0 Å². The fourth-order valence-electron chi connectivity index (χ4n) is 1.64. The number of aromatic nitrogens is 2. The molecular formula is C12H12F3N3O. The number of nitrogens with one attached hydrogen (secondary N) is 1. The van der Waals surface area contributed by atoms with Gasteiger partial charge in [0.1, 0.15) is 0 Å². The molecule has 0 saturated heterocycles. The Hall–Kier alpha value is -2.05. The first kappa shape index (κ1) is 13.4. The predicted molar refractivity (Wildman–Crippen MR) is 62.7 cm³/mol. The second-order valence-electron chi connectivity index (χ2n) is 3.95. The maximum Gasteiger partial charge on any atom is 0.418 e. The zero-order valence-corrected chi connectivity index (χ0v) is 10.2. The molecule has 1 aromatic heterocycles. The van der Waals surface area contributed by atoms with E-state index in [4.69, 9.17) is 4.52 Å². The van der Waals surface area contributed by atoms with E-state index in [9.17, 15) is 13.2 Å². The first-order valence-electron chi connectivity index (χ1n) is 5.66. The average Bonchev–Trinajstić information content (AvgIpc) is 2.74. The van der Waals surface area contributed by atoms with Crippen LogP contribution in [0.5, 0.6) is 0 Å². The molecule has 2 aromatic rings. The molecule has 0 spiro atoms. The van der Waals surface area contributed by atoms with E-state index in [0.717, 1.165) is 6.07 Å². The molecule has 0 aliphatic heterocycles. The molecule has 2 rings (SSSR count). The van der Waals surface area contributed by atoms with Gasteiger partial charge in [-0.1, -0.05) is 17.3 Å². The molecular weight excluding hydrogens is 259 g/mol. The Morgan fingerprint density at radius 2 is 2.00 bits per heavy atom. The zero-order valence-electron chi connectivity index (χ0n) is 10.2. The number of rotatable bonds is 4. The Kier molecular flexibility index (Phi) is 3.73. The second-order valence-corrected chi connectivity index (χ2v) is 3.95. The third kappa shape index (κ3) is 3.46. The van der Waals surface area contributed by atoms with Gasteiger partial charge in [-0.2, -0.15) is 18.2 Å². The van der Waals surface area contributed by atoms with Gasteiger partial charge in [0.2, 0.25) is 5.89 Å². The van der Waals surface area contributed by atoms with Crippen LogP contribution in [0.1, 0.15) is 17.3 Å². The van der Waals surface area contributed by atoms with Gasteiger partial charge in [0, 0.05) is 25.6 Å². The highest BCUT2D eigenvalue weighted by Gasteiger charge is 2.32. The van der Waals surface area contributed by atoms with Crippen LogP contribution in [0, 0.1) is 6.92 Å². The fourth-order valence-corrected chi connectivity index (χ4v) is 1.64. The summed E-state index contributed by atoms with van der Waals surface area (Å²) >= 11 is 0. The molecule has 0 aliphatic rings. The van der Waals surface area contributed by atoms with Crippen molar-refractivity contribution in [1.29, 1.82) is 0 Å². The Morgan fingerprint density at radius 3 is 2.63 bits per heavy atom. The van der Waals surface area contributed by atoms with Crippen molar-refractivity contribution in [2.45, 2.75) is 19.5 Å². The van der Waals surface area contributed by atoms with Crippen LogP contribution in [-0.2, 0) is 12.6 Å². The lowest BCUT2D eigenvalue weighted by molar-refractivity contribution is -0.136. The summed E-state index contributed by atoms with van der Waals surface area (Å²) in [6.45, 7) is 1.95. The average molecular weight is 271 g/mol. The molecule has 0 saturated carbocycles. The van der Waals surface area contributed by atoms with Crippen LogP contribution >= 0.6 is 0 Å². The lowest BCUT2D eigenvalue weighted by atomic mass is 10.1. The largest absolute Gasteiger partial charge is 0.418 e. The zero-order chi connectivity index (χ0) is 13.9. The molecule has 0 atom stereocenters. The molecule has 0 radical (unpaired) electrons. The van der Waals surface area contributed by atoms with Crippen molar-refractivity contribution >= 4 is 5.69 Å². The van der Waals surface area contributed by atoms with Crippen LogP contribution < -0.4 is 5.32 Å². The number of halogens is 3. The van der Waals surface area contributed by atoms with Crippen LogP contribution in [-0.4, -0.2) is 16.7 Å². The van der Waals surface area contributed by atoms with E-state index < -0.39 is 11.7 Å². The van der Waals surface area contributed by atoms with Crippen LogP contribution in [0.15, 0.2) is 28.8 Å². The first-order chi connectivity index (χ1) is 8.97. The van der Waals surface area contributed by atoms with Crippen molar-refractivity contribution in [3.05, 3.63) is 41.5 Å². The van der Waals surface area contributed by atoms with Crippen LogP contribution in [0.2, 0.25) is 0 Å². The first-order valence-corrected chi connectivity index (χ1v) is 5.66. The highest BCUT2D eigenvalue weighted by atomic mass is 19.4. The summed E-state index contributed by atoms with van der Waals surface area (Å²) in [7, 11) is 0. The molecule has 19 heavy (non-hydrogen) atoms. The van der Waals surface area contributed by atoms with Gasteiger partial charge < -0.3 is 9.84 Å². The number of benzene rings is 1. The van der Waals surface area contributed by atoms with E-state index in [1.54, 1.807) is 13.0 Å². The number of para-hydroxylation sites is 1. The Morgan fingerprint density at radius 1 is 1.26 bits per heavy atom. The third-order valence-corrected chi connectivity index (χ3v) is 2.47. The molecule has 1 N–H and O–H groups in total. The van der Waals surface area contributed by atoms with Crippen LogP contribution in [0.3, 0.4) is 0 Å². The van der Waals surface area contributed by atoms with Gasteiger partial charge in [-0.05, 0) is 12.1 Å². The van der Waals surface area contributed by atoms with Gasteiger partial charge in [-0.15, -0.1) is 0 Å². The molecule has 0 aliphatic carbocycles. The van der Waals surface area contributed by atoms with Crippen LogP contribution in [0.25, 0.3) is 0 Å². The minimum Gasteiger partial charge on any atom is -0.384 e. The van der Waals surface area contributed by atoms with Crippen molar-refractivity contribution < 1.29 is 17.7 Å². The summed E-state index contributed by atoms with van der Waals surface area (Å²) in [5, 5.41) is 6.41. The highest BCUT2D eigenvalue weighted by molar-refractivity contribution is 5.52. The summed E-state index contributed by atoms with van der Waals surface area (Å²) in [4.78, 5) is 3.97. The lowest BCUT2D eigenvalue weighted by Crippen LogP contribution is -2.12. The summed E-state index contributed by atoms with van der Waals surface area (Å²) < 4.78 is 42.9. The SMILES string of the molecule is Cc1nc(CCNc2ccccc2C(F)(F)F)no1. The maximum atomic E-state index is 12.7. The van der Waals surface area contributed by atoms with Gasteiger partial charge in [-0.25, -0.2) is 0 Å². The van der Waals surface area contributed by atoms with Gasteiger partial charge in [0.05, 0.1) is 5.56 Å².